The Morgan fingerprint density at radius 1 is 1.29 bits per heavy atom. The van der Waals surface area contributed by atoms with Crippen LogP contribution in [0.3, 0.4) is 0 Å². The van der Waals surface area contributed by atoms with Crippen LogP contribution in [0.5, 0.6) is 0 Å². The number of rotatable bonds is 3. The predicted molar refractivity (Wildman–Crippen MR) is 72.6 cm³/mol. The summed E-state index contributed by atoms with van der Waals surface area (Å²) in [5.74, 6) is 0.795. The molecule has 2 heterocycles. The normalized spacial score (nSPS) is 14.9. The smallest absolute Gasteiger partial charge is 0.372 e. The average Bonchev–Trinajstić information content (AvgIpc) is 3.10. The van der Waals surface area contributed by atoms with Crippen molar-refractivity contribution in [3.8, 4) is 5.69 Å². The van der Waals surface area contributed by atoms with Gasteiger partial charge in [-0.1, -0.05) is 6.07 Å². The largest absolute Gasteiger partial charge is 0.416 e. The molecule has 1 aromatic carbocycles. The van der Waals surface area contributed by atoms with Gasteiger partial charge in [-0.3, -0.25) is 4.99 Å². The molecular formula is C14H13F3N4. The molecule has 3 rings (SSSR count). The number of amidine groups is 1. The summed E-state index contributed by atoms with van der Waals surface area (Å²) in [5.41, 5.74) is 0.490. The fraction of sp³-hybridized carbons (Fsp3) is 0.286. The van der Waals surface area contributed by atoms with Gasteiger partial charge in [-0.25, -0.2) is 4.68 Å². The van der Waals surface area contributed by atoms with E-state index in [0.29, 0.717) is 18.7 Å². The minimum Gasteiger partial charge on any atom is -0.372 e. The number of aliphatic imine (C=N–C) groups is 1. The Bertz CT molecular complexity index is 659. The third-order valence-electron chi connectivity index (χ3n) is 3.27. The van der Waals surface area contributed by atoms with Crippen LogP contribution < -0.4 is 5.32 Å². The van der Waals surface area contributed by atoms with Crippen LogP contribution >= 0.6 is 0 Å². The van der Waals surface area contributed by atoms with Gasteiger partial charge < -0.3 is 5.32 Å². The molecule has 0 atom stereocenters. The number of hydrogen-bond donors (Lipinski definition) is 1. The molecule has 0 radical (unpaired) electrons. The number of halogens is 3. The summed E-state index contributed by atoms with van der Waals surface area (Å²) in [4.78, 5) is 4.28. The van der Waals surface area contributed by atoms with Crippen molar-refractivity contribution in [1.29, 1.82) is 0 Å². The fourth-order valence-corrected chi connectivity index (χ4v) is 2.26. The van der Waals surface area contributed by atoms with E-state index >= 15 is 0 Å². The summed E-state index contributed by atoms with van der Waals surface area (Å²) in [6.45, 7) is 1.47. The quantitative estimate of drug-likeness (QED) is 0.944. The van der Waals surface area contributed by atoms with Gasteiger partial charge in [0.1, 0.15) is 5.84 Å². The van der Waals surface area contributed by atoms with Crippen molar-refractivity contribution in [3.63, 3.8) is 0 Å². The second kappa shape index (κ2) is 5.23. The molecule has 110 valence electrons. The molecule has 0 saturated heterocycles. The first-order valence-electron chi connectivity index (χ1n) is 6.51. The second-order valence-corrected chi connectivity index (χ2v) is 4.72. The molecule has 1 aliphatic rings. The van der Waals surface area contributed by atoms with E-state index in [0.717, 1.165) is 30.1 Å². The van der Waals surface area contributed by atoms with Crippen LogP contribution in [0.25, 0.3) is 5.69 Å². The first-order chi connectivity index (χ1) is 10.0. The van der Waals surface area contributed by atoms with Crippen LogP contribution in [0.2, 0.25) is 0 Å². The van der Waals surface area contributed by atoms with Gasteiger partial charge in [-0.15, -0.1) is 0 Å². The summed E-state index contributed by atoms with van der Waals surface area (Å²) in [7, 11) is 0. The molecule has 2 aromatic rings. The Kier molecular flexibility index (Phi) is 3.40. The summed E-state index contributed by atoms with van der Waals surface area (Å²) < 4.78 is 40.1. The van der Waals surface area contributed by atoms with Gasteiger partial charge in [0.2, 0.25) is 0 Å². The van der Waals surface area contributed by atoms with Gasteiger partial charge in [0, 0.05) is 25.4 Å². The van der Waals surface area contributed by atoms with Gasteiger partial charge in [-0.05, 0) is 23.8 Å². The van der Waals surface area contributed by atoms with Gasteiger partial charge in [0.05, 0.1) is 17.8 Å². The van der Waals surface area contributed by atoms with Crippen molar-refractivity contribution in [2.75, 3.05) is 13.1 Å². The molecular weight excluding hydrogens is 281 g/mol. The van der Waals surface area contributed by atoms with E-state index < -0.39 is 11.7 Å². The van der Waals surface area contributed by atoms with Crippen molar-refractivity contribution in [2.45, 2.75) is 12.6 Å². The molecule has 0 fully saturated rings. The first-order valence-corrected chi connectivity index (χ1v) is 6.51. The van der Waals surface area contributed by atoms with Crippen molar-refractivity contribution < 1.29 is 13.2 Å². The maximum absolute atomic E-state index is 12.9. The third-order valence-corrected chi connectivity index (χ3v) is 3.27. The zero-order chi connectivity index (χ0) is 14.9. The fourth-order valence-electron chi connectivity index (χ4n) is 2.26. The van der Waals surface area contributed by atoms with Gasteiger partial charge in [0.15, 0.2) is 0 Å². The molecule has 0 amide bonds. The van der Waals surface area contributed by atoms with Crippen molar-refractivity contribution in [2.24, 2.45) is 4.99 Å². The lowest BCUT2D eigenvalue weighted by atomic mass is 10.1. The Labute approximate surface area is 119 Å². The highest BCUT2D eigenvalue weighted by atomic mass is 19.4. The Morgan fingerprint density at radius 2 is 2.14 bits per heavy atom. The number of alkyl halides is 3. The summed E-state index contributed by atoms with van der Waals surface area (Å²) in [5, 5.41) is 7.15. The van der Waals surface area contributed by atoms with Gasteiger partial charge in [0.25, 0.3) is 0 Å². The number of nitrogens with zero attached hydrogens (tertiary/aromatic N) is 3. The van der Waals surface area contributed by atoms with Crippen molar-refractivity contribution >= 4 is 5.84 Å². The zero-order valence-electron chi connectivity index (χ0n) is 11.1. The maximum atomic E-state index is 12.9. The van der Waals surface area contributed by atoms with Crippen LogP contribution in [0.4, 0.5) is 13.2 Å². The second-order valence-electron chi connectivity index (χ2n) is 4.72. The Morgan fingerprint density at radius 3 is 2.76 bits per heavy atom. The highest BCUT2D eigenvalue weighted by Crippen LogP contribution is 2.31. The molecule has 7 heteroatoms. The standard InChI is InChI=1S/C14H13F3N4/c15-14(16,17)11-3-2-10(8-13-18-5-6-19-13)12(9-11)21-7-1-4-20-21/h1-4,7,9H,5-6,8H2,(H,18,19). The molecule has 0 bridgehead atoms. The van der Waals surface area contributed by atoms with E-state index in [2.05, 4.69) is 15.4 Å². The topological polar surface area (TPSA) is 42.2 Å². The number of benzene rings is 1. The monoisotopic (exact) mass is 294 g/mol. The van der Waals surface area contributed by atoms with Crippen molar-refractivity contribution in [1.82, 2.24) is 15.1 Å². The lowest BCUT2D eigenvalue weighted by Crippen LogP contribution is -2.21. The number of hydrogen-bond acceptors (Lipinski definition) is 3. The van der Waals surface area contributed by atoms with Crippen LogP contribution in [-0.4, -0.2) is 28.7 Å². The maximum Gasteiger partial charge on any atom is 0.416 e. The molecule has 0 unspecified atom stereocenters. The van der Waals surface area contributed by atoms with Crippen LogP contribution in [0, 0.1) is 0 Å². The van der Waals surface area contributed by atoms with E-state index in [1.165, 1.54) is 16.9 Å². The lowest BCUT2D eigenvalue weighted by molar-refractivity contribution is -0.137. The number of aromatic nitrogens is 2. The van der Waals surface area contributed by atoms with Gasteiger partial charge >= 0.3 is 6.18 Å². The van der Waals surface area contributed by atoms with E-state index in [1.807, 2.05) is 0 Å². The molecule has 4 nitrogen and oxygen atoms in total. The summed E-state index contributed by atoms with van der Waals surface area (Å²) in [6.07, 6.45) is -0.741. The summed E-state index contributed by atoms with van der Waals surface area (Å²) in [6, 6.07) is 5.38. The zero-order valence-corrected chi connectivity index (χ0v) is 11.1. The van der Waals surface area contributed by atoms with Crippen LogP contribution in [0.1, 0.15) is 11.1 Å². The minimum absolute atomic E-state index is 0.422. The Balaban J connectivity index is 2.02. The van der Waals surface area contributed by atoms with E-state index in [-0.39, 0.29) is 0 Å². The number of nitrogens with one attached hydrogen (secondary N) is 1. The van der Waals surface area contributed by atoms with E-state index in [9.17, 15) is 13.2 Å². The minimum atomic E-state index is -4.37. The molecule has 1 aliphatic heterocycles. The molecule has 0 spiro atoms. The SMILES string of the molecule is FC(F)(F)c1ccc(CC2=NCCN2)c(-n2cccn2)c1. The Hall–Kier alpha value is -2.31. The van der Waals surface area contributed by atoms with E-state index in [4.69, 9.17) is 0 Å². The molecule has 0 aliphatic carbocycles. The highest BCUT2D eigenvalue weighted by Gasteiger charge is 2.31. The third kappa shape index (κ3) is 2.91. The van der Waals surface area contributed by atoms with E-state index in [1.54, 1.807) is 12.3 Å². The molecule has 1 N–H and O–H groups in total. The van der Waals surface area contributed by atoms with Crippen molar-refractivity contribution in [3.05, 3.63) is 47.8 Å². The van der Waals surface area contributed by atoms with Crippen LogP contribution in [0.15, 0.2) is 41.7 Å². The summed E-state index contributed by atoms with van der Waals surface area (Å²) >= 11 is 0. The first kappa shape index (κ1) is 13.7. The lowest BCUT2D eigenvalue weighted by Gasteiger charge is -2.14. The molecule has 0 saturated carbocycles. The van der Waals surface area contributed by atoms with Gasteiger partial charge in [-0.2, -0.15) is 18.3 Å². The predicted octanol–water partition coefficient (Wildman–Crippen LogP) is 2.44. The highest BCUT2D eigenvalue weighted by molar-refractivity contribution is 5.86. The molecule has 1 aromatic heterocycles. The molecule has 21 heavy (non-hydrogen) atoms. The van der Waals surface area contributed by atoms with Crippen LogP contribution in [-0.2, 0) is 12.6 Å². The average molecular weight is 294 g/mol.